The molecule has 21 heavy (non-hydrogen) atoms. The quantitative estimate of drug-likeness (QED) is 0.909. The van der Waals surface area contributed by atoms with Gasteiger partial charge >= 0.3 is 5.97 Å². The average molecular weight is 302 g/mol. The average Bonchev–Trinajstić information content (AvgIpc) is 3.07. The van der Waals surface area contributed by atoms with Gasteiger partial charge in [0.2, 0.25) is 0 Å². The molecule has 0 bridgehead atoms. The summed E-state index contributed by atoms with van der Waals surface area (Å²) in [5, 5.41) is 14.1. The number of hydrogen-bond donors (Lipinski definition) is 2. The first-order valence-corrected chi connectivity index (χ1v) is 7.47. The zero-order chi connectivity index (χ0) is 15.0. The number of aliphatic carboxylic acids is 1. The van der Waals surface area contributed by atoms with Gasteiger partial charge in [0.1, 0.15) is 16.2 Å². The third-order valence-corrected chi connectivity index (χ3v) is 4.50. The summed E-state index contributed by atoms with van der Waals surface area (Å²) in [6.45, 7) is 1.99. The monoisotopic (exact) mass is 302 g/mol. The topological polar surface area (TPSA) is 79.3 Å². The first kappa shape index (κ1) is 13.8. The fraction of sp³-hybridized carbons (Fsp3) is 0.267. The van der Waals surface area contributed by atoms with Crippen LogP contribution in [-0.2, 0) is 4.79 Å². The van der Waals surface area contributed by atoms with Crippen molar-refractivity contribution in [2.75, 3.05) is 0 Å². The largest absolute Gasteiger partial charge is 0.480 e. The molecule has 0 radical (unpaired) electrons. The lowest BCUT2D eigenvalue weighted by molar-refractivity contribution is -0.140. The highest BCUT2D eigenvalue weighted by Crippen LogP contribution is 2.36. The number of hydrogen-bond acceptors (Lipinski definition) is 4. The van der Waals surface area contributed by atoms with Gasteiger partial charge in [-0.2, -0.15) is 0 Å². The molecule has 2 aromatic rings. The van der Waals surface area contributed by atoms with E-state index in [1.165, 1.54) is 11.3 Å². The predicted molar refractivity (Wildman–Crippen MR) is 79.4 cm³/mol. The van der Waals surface area contributed by atoms with Crippen molar-refractivity contribution in [3.8, 4) is 10.6 Å². The molecule has 1 aromatic heterocycles. The fourth-order valence-electron chi connectivity index (χ4n) is 2.11. The van der Waals surface area contributed by atoms with E-state index in [-0.39, 0.29) is 5.69 Å². The summed E-state index contributed by atoms with van der Waals surface area (Å²) in [6, 6.07) is 7.81. The summed E-state index contributed by atoms with van der Waals surface area (Å²) in [6.07, 6.45) is 0.950. The molecule has 0 spiro atoms. The molecule has 1 fully saturated rings. The smallest absolute Gasteiger partial charge is 0.329 e. The van der Waals surface area contributed by atoms with Crippen LogP contribution in [0, 0.1) is 6.92 Å². The van der Waals surface area contributed by atoms with Crippen molar-refractivity contribution in [3.63, 3.8) is 0 Å². The van der Waals surface area contributed by atoms with Gasteiger partial charge in [0.05, 0.1) is 0 Å². The summed E-state index contributed by atoms with van der Waals surface area (Å²) < 4.78 is 0. The molecule has 0 unspecified atom stereocenters. The molecule has 3 rings (SSSR count). The van der Waals surface area contributed by atoms with Crippen LogP contribution in [0.5, 0.6) is 0 Å². The van der Waals surface area contributed by atoms with Crippen LogP contribution < -0.4 is 5.32 Å². The van der Waals surface area contributed by atoms with Crippen molar-refractivity contribution in [2.45, 2.75) is 25.3 Å². The number of carboxylic acids is 1. The first-order valence-electron chi connectivity index (χ1n) is 6.59. The Hall–Kier alpha value is -2.21. The van der Waals surface area contributed by atoms with Crippen molar-refractivity contribution in [1.29, 1.82) is 0 Å². The Labute approximate surface area is 125 Å². The van der Waals surface area contributed by atoms with E-state index in [0.717, 1.165) is 16.1 Å². The van der Waals surface area contributed by atoms with Gasteiger partial charge < -0.3 is 10.4 Å². The third-order valence-electron chi connectivity index (χ3n) is 3.62. The molecular weight excluding hydrogens is 288 g/mol. The van der Waals surface area contributed by atoms with E-state index in [1.54, 1.807) is 5.38 Å². The maximum Gasteiger partial charge on any atom is 0.329 e. The molecule has 0 saturated heterocycles. The molecule has 1 saturated carbocycles. The van der Waals surface area contributed by atoms with Gasteiger partial charge in [-0.25, -0.2) is 9.78 Å². The van der Waals surface area contributed by atoms with E-state index >= 15 is 0 Å². The summed E-state index contributed by atoms with van der Waals surface area (Å²) in [5.74, 6) is -1.41. The second-order valence-electron chi connectivity index (χ2n) is 5.19. The van der Waals surface area contributed by atoms with E-state index in [1.807, 2.05) is 31.2 Å². The van der Waals surface area contributed by atoms with Gasteiger partial charge in [0, 0.05) is 10.9 Å². The van der Waals surface area contributed by atoms with Crippen molar-refractivity contribution >= 4 is 23.2 Å². The second kappa shape index (κ2) is 4.96. The minimum Gasteiger partial charge on any atom is -0.480 e. The van der Waals surface area contributed by atoms with E-state index in [4.69, 9.17) is 5.11 Å². The Morgan fingerprint density at radius 2 is 2.05 bits per heavy atom. The number of rotatable bonds is 4. The Bertz CT molecular complexity index is 719. The number of benzene rings is 1. The lowest BCUT2D eigenvalue weighted by Crippen LogP contribution is -2.43. The molecule has 5 nitrogen and oxygen atoms in total. The summed E-state index contributed by atoms with van der Waals surface area (Å²) in [4.78, 5) is 27.5. The van der Waals surface area contributed by atoms with Gasteiger partial charge in [-0.15, -0.1) is 11.3 Å². The lowest BCUT2D eigenvalue weighted by Gasteiger charge is -2.10. The van der Waals surface area contributed by atoms with Gasteiger partial charge in [-0.3, -0.25) is 4.79 Å². The molecule has 0 atom stereocenters. The van der Waals surface area contributed by atoms with Crippen LogP contribution in [0.25, 0.3) is 10.6 Å². The SMILES string of the molecule is Cc1ccccc1-c1nc(C(=O)NC2(C(=O)O)CC2)cs1. The van der Waals surface area contributed by atoms with Crippen LogP contribution in [0.4, 0.5) is 0 Å². The van der Waals surface area contributed by atoms with Crippen LogP contribution in [0.2, 0.25) is 0 Å². The van der Waals surface area contributed by atoms with Gasteiger partial charge in [0.25, 0.3) is 5.91 Å². The molecule has 1 amide bonds. The van der Waals surface area contributed by atoms with Crippen LogP contribution in [0.1, 0.15) is 28.9 Å². The maximum atomic E-state index is 12.1. The second-order valence-corrected chi connectivity index (χ2v) is 6.05. The Morgan fingerprint density at radius 1 is 1.33 bits per heavy atom. The predicted octanol–water partition coefficient (Wildman–Crippen LogP) is 2.47. The molecular formula is C15H14N2O3S. The number of carbonyl (C=O) groups is 2. The molecule has 108 valence electrons. The molecule has 0 aliphatic heterocycles. The van der Waals surface area contributed by atoms with E-state index in [2.05, 4.69) is 10.3 Å². The number of carbonyl (C=O) groups excluding carboxylic acids is 1. The van der Waals surface area contributed by atoms with Crippen LogP contribution in [0.15, 0.2) is 29.6 Å². The Kier molecular flexibility index (Phi) is 3.25. The van der Waals surface area contributed by atoms with Crippen molar-refractivity contribution < 1.29 is 14.7 Å². The normalized spacial score (nSPS) is 15.5. The zero-order valence-electron chi connectivity index (χ0n) is 11.4. The zero-order valence-corrected chi connectivity index (χ0v) is 12.2. The summed E-state index contributed by atoms with van der Waals surface area (Å²) >= 11 is 1.38. The third kappa shape index (κ3) is 2.54. The van der Waals surface area contributed by atoms with E-state index in [0.29, 0.717) is 12.8 Å². The first-order chi connectivity index (χ1) is 10.0. The molecule has 1 aliphatic rings. The molecule has 1 aromatic carbocycles. The number of thiazole rings is 1. The molecule has 1 heterocycles. The van der Waals surface area contributed by atoms with Crippen LogP contribution in [0.3, 0.4) is 0 Å². The van der Waals surface area contributed by atoms with E-state index in [9.17, 15) is 9.59 Å². The van der Waals surface area contributed by atoms with Crippen LogP contribution in [-0.4, -0.2) is 27.5 Å². The van der Waals surface area contributed by atoms with Gasteiger partial charge in [0.15, 0.2) is 0 Å². The van der Waals surface area contributed by atoms with Crippen molar-refractivity contribution in [1.82, 2.24) is 10.3 Å². The van der Waals surface area contributed by atoms with Crippen molar-refractivity contribution in [2.24, 2.45) is 0 Å². The summed E-state index contributed by atoms with van der Waals surface area (Å²) in [5.41, 5.74) is 1.26. The number of nitrogens with one attached hydrogen (secondary N) is 1. The molecule has 1 aliphatic carbocycles. The highest BCUT2D eigenvalue weighted by atomic mass is 32.1. The highest BCUT2D eigenvalue weighted by molar-refractivity contribution is 7.13. The summed E-state index contributed by atoms with van der Waals surface area (Å²) in [7, 11) is 0. The maximum absolute atomic E-state index is 12.1. The minimum absolute atomic E-state index is 0.269. The standard InChI is InChI=1S/C15H14N2O3S/c1-9-4-2-3-5-10(9)13-16-11(8-21-13)12(18)17-15(6-7-15)14(19)20/h2-5,8H,6-7H2,1H3,(H,17,18)(H,19,20). The number of amides is 1. The fourth-order valence-corrected chi connectivity index (χ4v) is 3.00. The minimum atomic E-state index is -1.08. The Balaban J connectivity index is 1.81. The van der Waals surface area contributed by atoms with E-state index < -0.39 is 17.4 Å². The van der Waals surface area contributed by atoms with Gasteiger partial charge in [-0.1, -0.05) is 24.3 Å². The number of nitrogens with zero attached hydrogens (tertiary/aromatic N) is 1. The lowest BCUT2D eigenvalue weighted by atomic mass is 10.1. The van der Waals surface area contributed by atoms with Crippen LogP contribution >= 0.6 is 11.3 Å². The molecule has 6 heteroatoms. The van der Waals surface area contributed by atoms with Gasteiger partial charge in [-0.05, 0) is 25.3 Å². The molecule has 2 N–H and O–H groups in total. The highest BCUT2D eigenvalue weighted by Gasteiger charge is 2.51. The number of carboxylic acid groups (broad SMARTS) is 1. The Morgan fingerprint density at radius 3 is 2.67 bits per heavy atom. The number of aryl methyl sites for hydroxylation is 1. The number of aromatic nitrogens is 1. The van der Waals surface area contributed by atoms with Crippen molar-refractivity contribution in [3.05, 3.63) is 40.9 Å².